The van der Waals surface area contributed by atoms with Gasteiger partial charge in [0.1, 0.15) is 36.8 Å². The van der Waals surface area contributed by atoms with E-state index >= 15 is 0 Å². The van der Waals surface area contributed by atoms with Gasteiger partial charge in [-0.05, 0) is 91.6 Å². The van der Waals surface area contributed by atoms with Gasteiger partial charge in [0.15, 0.2) is 0 Å². The molecule has 0 spiro atoms. The Bertz CT molecular complexity index is 2080. The highest BCUT2D eigenvalue weighted by atomic mass is 16.5. The molecule has 0 aliphatic carbocycles. The standard InChI is InChI=1S/C39H38N6O5/c1-25-12-18-33(43-44-36(46)22-45(5)37(47)19-15-28-13-16-29(17-14-28)39(48)40-4)27(3)32(25)24-50-34-11-8-10-31-35(21-26(2)42-38(31)34)49-23-30-9-6-7-20-41-30/h6-21H,22-24H2,1-5H3,(H,40,48)/b19-15+,44-43+. The van der Waals surface area contributed by atoms with Crippen LogP contribution in [0.3, 0.4) is 0 Å². The summed E-state index contributed by atoms with van der Waals surface area (Å²) in [5.74, 6) is 0.166. The van der Waals surface area contributed by atoms with Gasteiger partial charge in [0.25, 0.3) is 11.8 Å². The SMILES string of the molecule is CNC(=O)c1ccc(/C=C/C(=O)N(C)CC(=O)/N=N/c2ccc(C)c(COc3cccc4c(OCc5ccccn5)cc(C)nc34)c2C)cc1. The molecular weight excluding hydrogens is 632 g/mol. The van der Waals surface area contributed by atoms with Gasteiger partial charge in [-0.1, -0.05) is 30.3 Å². The van der Waals surface area contributed by atoms with Crippen LogP contribution in [0.25, 0.3) is 17.0 Å². The molecule has 0 saturated carbocycles. The summed E-state index contributed by atoms with van der Waals surface area (Å²) in [5.41, 5.74) is 6.80. The maximum Gasteiger partial charge on any atom is 0.283 e. The highest BCUT2D eigenvalue weighted by Crippen LogP contribution is 2.33. The minimum Gasteiger partial charge on any atom is -0.487 e. The van der Waals surface area contributed by atoms with Crippen LogP contribution in [0.2, 0.25) is 0 Å². The quantitative estimate of drug-likeness (QED) is 0.113. The number of aromatic nitrogens is 2. The van der Waals surface area contributed by atoms with Crippen molar-refractivity contribution in [2.45, 2.75) is 34.0 Å². The van der Waals surface area contributed by atoms with E-state index < -0.39 is 5.91 Å². The number of rotatable bonds is 12. The van der Waals surface area contributed by atoms with Crippen molar-refractivity contribution in [3.63, 3.8) is 0 Å². The molecule has 0 atom stereocenters. The number of nitrogens with zero attached hydrogens (tertiary/aromatic N) is 5. The van der Waals surface area contributed by atoms with Crippen molar-refractivity contribution in [3.8, 4) is 11.5 Å². The first kappa shape index (κ1) is 35.1. The fourth-order valence-electron chi connectivity index (χ4n) is 5.15. The lowest BCUT2D eigenvalue weighted by molar-refractivity contribution is -0.129. The van der Waals surface area contributed by atoms with Crippen LogP contribution in [-0.2, 0) is 22.8 Å². The van der Waals surface area contributed by atoms with E-state index in [9.17, 15) is 14.4 Å². The summed E-state index contributed by atoms with van der Waals surface area (Å²) in [6.07, 6.45) is 4.71. The molecule has 254 valence electrons. The van der Waals surface area contributed by atoms with E-state index in [1.54, 1.807) is 49.7 Å². The third kappa shape index (κ3) is 8.81. The largest absolute Gasteiger partial charge is 0.487 e. The Labute approximate surface area is 290 Å². The number of likely N-dealkylation sites (N-methyl/N-ethyl adjacent to an activating group) is 1. The number of benzene rings is 3. The maximum absolute atomic E-state index is 12.7. The number of fused-ring (bicyclic) bond motifs is 1. The van der Waals surface area contributed by atoms with Gasteiger partial charge in [-0.25, -0.2) is 4.98 Å². The lowest BCUT2D eigenvalue weighted by Crippen LogP contribution is -2.29. The number of hydrogen-bond acceptors (Lipinski definition) is 8. The van der Waals surface area contributed by atoms with Gasteiger partial charge in [-0.15, -0.1) is 10.2 Å². The predicted octanol–water partition coefficient (Wildman–Crippen LogP) is 6.85. The molecule has 0 aliphatic heterocycles. The third-order valence-corrected chi connectivity index (χ3v) is 8.01. The summed E-state index contributed by atoms with van der Waals surface area (Å²) in [5, 5.41) is 11.5. The lowest BCUT2D eigenvalue weighted by atomic mass is 10.0. The molecule has 0 unspecified atom stereocenters. The van der Waals surface area contributed by atoms with E-state index in [1.807, 2.05) is 69.3 Å². The van der Waals surface area contributed by atoms with Crippen LogP contribution in [0.5, 0.6) is 11.5 Å². The van der Waals surface area contributed by atoms with Crippen LogP contribution < -0.4 is 14.8 Å². The van der Waals surface area contributed by atoms with Crippen LogP contribution in [0.15, 0.2) is 101 Å². The Balaban J connectivity index is 1.23. The lowest BCUT2D eigenvalue weighted by Gasteiger charge is -2.16. The fraction of sp³-hybridized carbons (Fsp3) is 0.205. The molecule has 5 aromatic rings. The number of nitrogens with one attached hydrogen (secondary N) is 1. The van der Waals surface area contributed by atoms with Gasteiger partial charge in [0, 0.05) is 49.1 Å². The fourth-order valence-corrected chi connectivity index (χ4v) is 5.15. The van der Waals surface area contributed by atoms with Crippen LogP contribution in [0, 0.1) is 20.8 Å². The number of hydrogen-bond donors (Lipinski definition) is 1. The number of aryl methyl sites for hydroxylation is 2. The Kier molecular flexibility index (Phi) is 11.4. The monoisotopic (exact) mass is 670 g/mol. The molecule has 3 amide bonds. The first-order valence-electron chi connectivity index (χ1n) is 16.0. The van der Waals surface area contributed by atoms with Crippen molar-refractivity contribution >= 4 is 40.4 Å². The molecule has 0 radical (unpaired) electrons. The van der Waals surface area contributed by atoms with Gasteiger partial charge in [0.2, 0.25) is 5.91 Å². The summed E-state index contributed by atoms with van der Waals surface area (Å²) < 4.78 is 12.5. The zero-order chi connectivity index (χ0) is 35.6. The summed E-state index contributed by atoms with van der Waals surface area (Å²) in [7, 11) is 3.07. The summed E-state index contributed by atoms with van der Waals surface area (Å²) in [6.45, 7) is 6.12. The normalized spacial score (nSPS) is 11.2. The highest BCUT2D eigenvalue weighted by molar-refractivity contribution is 5.96. The van der Waals surface area contributed by atoms with Crippen molar-refractivity contribution < 1.29 is 23.9 Å². The van der Waals surface area contributed by atoms with E-state index in [2.05, 4.69) is 20.5 Å². The number of para-hydroxylation sites is 1. The number of amides is 3. The average molecular weight is 671 g/mol. The van der Waals surface area contributed by atoms with Crippen molar-refractivity contribution in [1.29, 1.82) is 0 Å². The second-order valence-electron chi connectivity index (χ2n) is 11.6. The first-order chi connectivity index (χ1) is 24.1. The molecule has 3 aromatic carbocycles. The average Bonchev–Trinajstić information content (AvgIpc) is 3.12. The van der Waals surface area contributed by atoms with Crippen LogP contribution in [0.4, 0.5) is 5.69 Å². The van der Waals surface area contributed by atoms with E-state index in [1.165, 1.54) is 18.0 Å². The maximum atomic E-state index is 12.7. The van der Waals surface area contributed by atoms with Crippen molar-refractivity contribution in [2.24, 2.45) is 10.2 Å². The molecule has 50 heavy (non-hydrogen) atoms. The topological polar surface area (TPSA) is 135 Å². The molecule has 0 aliphatic rings. The van der Waals surface area contributed by atoms with Gasteiger partial charge >= 0.3 is 0 Å². The van der Waals surface area contributed by atoms with Gasteiger partial charge < -0.3 is 19.7 Å². The van der Waals surface area contributed by atoms with Gasteiger partial charge in [-0.2, -0.15) is 0 Å². The van der Waals surface area contributed by atoms with Crippen molar-refractivity contribution in [2.75, 3.05) is 20.6 Å². The second kappa shape index (κ2) is 16.2. The van der Waals surface area contributed by atoms with E-state index in [0.717, 1.165) is 39.0 Å². The Morgan fingerprint density at radius 1 is 0.900 bits per heavy atom. The minimum atomic E-state index is -0.569. The van der Waals surface area contributed by atoms with Gasteiger partial charge in [-0.3, -0.25) is 19.4 Å². The number of carbonyl (C=O) groups excluding carboxylic acids is 3. The Morgan fingerprint density at radius 2 is 1.68 bits per heavy atom. The molecule has 5 rings (SSSR count). The zero-order valence-corrected chi connectivity index (χ0v) is 28.6. The first-order valence-corrected chi connectivity index (χ1v) is 16.0. The second-order valence-corrected chi connectivity index (χ2v) is 11.6. The Hall–Kier alpha value is -6.23. The van der Waals surface area contributed by atoms with E-state index in [0.29, 0.717) is 34.9 Å². The van der Waals surface area contributed by atoms with Crippen LogP contribution in [0.1, 0.15) is 44.0 Å². The summed E-state index contributed by atoms with van der Waals surface area (Å²) in [4.78, 5) is 47.3. The number of pyridine rings is 2. The van der Waals surface area contributed by atoms with Crippen molar-refractivity contribution in [1.82, 2.24) is 20.2 Å². The van der Waals surface area contributed by atoms with E-state index in [4.69, 9.17) is 14.5 Å². The minimum absolute atomic E-state index is 0.193. The molecule has 11 heteroatoms. The molecule has 0 bridgehead atoms. The summed E-state index contributed by atoms with van der Waals surface area (Å²) >= 11 is 0. The number of azo groups is 1. The molecule has 2 aromatic heterocycles. The molecule has 0 saturated heterocycles. The number of carbonyl (C=O) groups is 3. The molecule has 11 nitrogen and oxygen atoms in total. The molecular formula is C39H38N6O5. The molecule has 0 fully saturated rings. The van der Waals surface area contributed by atoms with Crippen LogP contribution >= 0.6 is 0 Å². The highest BCUT2D eigenvalue weighted by Gasteiger charge is 2.15. The molecule has 2 heterocycles. The predicted molar refractivity (Wildman–Crippen MR) is 191 cm³/mol. The third-order valence-electron chi connectivity index (χ3n) is 8.01. The Morgan fingerprint density at radius 3 is 2.42 bits per heavy atom. The van der Waals surface area contributed by atoms with Crippen molar-refractivity contribution in [3.05, 3.63) is 130 Å². The zero-order valence-electron chi connectivity index (χ0n) is 28.6. The smallest absolute Gasteiger partial charge is 0.283 e. The van der Waals surface area contributed by atoms with Crippen LogP contribution in [-0.4, -0.2) is 53.2 Å². The van der Waals surface area contributed by atoms with Gasteiger partial charge in [0.05, 0.1) is 11.4 Å². The molecule has 1 N–H and O–H groups in total. The number of ether oxygens (including phenoxy) is 2. The van der Waals surface area contributed by atoms with E-state index in [-0.39, 0.29) is 25.0 Å². The summed E-state index contributed by atoms with van der Waals surface area (Å²) in [6, 6.07) is 23.8.